The molecule has 2 atom stereocenters. The van der Waals surface area contributed by atoms with Crippen LogP contribution in [0, 0.1) is 0 Å². The van der Waals surface area contributed by atoms with Crippen molar-refractivity contribution in [3.05, 3.63) is 0 Å². The standard InChI is InChI=1S/C14H30N2O3/c1-12(2)19-9-5-6-15-7-8-16-10-13(17-3)14(11-16)18-4/h12-15H,5-11H2,1-4H3. The molecule has 1 saturated heterocycles. The summed E-state index contributed by atoms with van der Waals surface area (Å²) in [5.41, 5.74) is 0. The van der Waals surface area contributed by atoms with Crippen molar-refractivity contribution in [1.29, 1.82) is 0 Å². The minimum Gasteiger partial charge on any atom is -0.379 e. The molecular formula is C14H30N2O3. The molecule has 114 valence electrons. The summed E-state index contributed by atoms with van der Waals surface area (Å²) in [4.78, 5) is 2.39. The van der Waals surface area contributed by atoms with E-state index in [1.54, 1.807) is 14.2 Å². The van der Waals surface area contributed by atoms with Crippen molar-refractivity contribution in [2.75, 3.05) is 53.6 Å². The number of likely N-dealkylation sites (tertiary alicyclic amines) is 1. The predicted octanol–water partition coefficient (Wildman–Crippen LogP) is 0.737. The third-order valence-electron chi connectivity index (χ3n) is 3.45. The molecule has 0 aromatic carbocycles. The molecule has 0 amide bonds. The molecule has 19 heavy (non-hydrogen) atoms. The Morgan fingerprint density at radius 3 is 2.26 bits per heavy atom. The zero-order chi connectivity index (χ0) is 14.1. The van der Waals surface area contributed by atoms with Gasteiger partial charge in [-0.05, 0) is 26.8 Å². The summed E-state index contributed by atoms with van der Waals surface area (Å²) in [6, 6.07) is 0. The lowest BCUT2D eigenvalue weighted by Crippen LogP contribution is -2.32. The van der Waals surface area contributed by atoms with Gasteiger partial charge in [0, 0.05) is 47.0 Å². The van der Waals surface area contributed by atoms with Crippen LogP contribution >= 0.6 is 0 Å². The maximum absolute atomic E-state index is 5.50. The third kappa shape index (κ3) is 6.68. The van der Waals surface area contributed by atoms with Gasteiger partial charge >= 0.3 is 0 Å². The smallest absolute Gasteiger partial charge is 0.0971 e. The highest BCUT2D eigenvalue weighted by molar-refractivity contribution is 4.85. The number of ether oxygens (including phenoxy) is 3. The van der Waals surface area contributed by atoms with E-state index in [1.807, 2.05) is 0 Å². The lowest BCUT2D eigenvalue weighted by atomic mass is 10.3. The second-order valence-electron chi connectivity index (χ2n) is 5.33. The van der Waals surface area contributed by atoms with Crippen LogP contribution in [-0.2, 0) is 14.2 Å². The molecule has 2 unspecified atom stereocenters. The number of rotatable bonds is 10. The van der Waals surface area contributed by atoms with Gasteiger partial charge in [-0.15, -0.1) is 0 Å². The molecule has 0 aromatic rings. The van der Waals surface area contributed by atoms with Crippen molar-refractivity contribution in [2.45, 2.75) is 38.6 Å². The first kappa shape index (κ1) is 16.9. The van der Waals surface area contributed by atoms with E-state index in [2.05, 4.69) is 24.1 Å². The Kier molecular flexibility index (Phi) is 8.57. The van der Waals surface area contributed by atoms with Gasteiger partial charge in [0.15, 0.2) is 0 Å². The second kappa shape index (κ2) is 9.66. The highest BCUT2D eigenvalue weighted by Crippen LogP contribution is 2.14. The molecule has 1 N–H and O–H groups in total. The van der Waals surface area contributed by atoms with Crippen LogP contribution in [-0.4, -0.2) is 76.8 Å². The molecule has 5 nitrogen and oxygen atoms in total. The van der Waals surface area contributed by atoms with Gasteiger partial charge in [-0.3, -0.25) is 4.90 Å². The fraction of sp³-hybridized carbons (Fsp3) is 1.00. The number of hydrogen-bond acceptors (Lipinski definition) is 5. The molecule has 0 saturated carbocycles. The first-order chi connectivity index (χ1) is 9.17. The van der Waals surface area contributed by atoms with Crippen LogP contribution in [0.25, 0.3) is 0 Å². The number of methoxy groups -OCH3 is 2. The minimum atomic E-state index is 0.212. The first-order valence-corrected chi connectivity index (χ1v) is 7.27. The van der Waals surface area contributed by atoms with E-state index in [4.69, 9.17) is 14.2 Å². The molecule has 0 bridgehead atoms. The maximum Gasteiger partial charge on any atom is 0.0971 e. The van der Waals surface area contributed by atoms with Crippen LogP contribution in [0.4, 0.5) is 0 Å². The summed E-state index contributed by atoms with van der Waals surface area (Å²) < 4.78 is 16.3. The largest absolute Gasteiger partial charge is 0.379 e. The van der Waals surface area contributed by atoms with Crippen LogP contribution in [0.3, 0.4) is 0 Å². The van der Waals surface area contributed by atoms with E-state index >= 15 is 0 Å². The Morgan fingerprint density at radius 1 is 1.11 bits per heavy atom. The van der Waals surface area contributed by atoms with Gasteiger partial charge in [-0.2, -0.15) is 0 Å². The van der Waals surface area contributed by atoms with E-state index in [0.717, 1.165) is 45.8 Å². The Balaban J connectivity index is 1.98. The fourth-order valence-electron chi connectivity index (χ4n) is 2.33. The maximum atomic E-state index is 5.50. The minimum absolute atomic E-state index is 0.212. The first-order valence-electron chi connectivity index (χ1n) is 7.27. The van der Waals surface area contributed by atoms with Crippen molar-refractivity contribution in [2.24, 2.45) is 0 Å². The van der Waals surface area contributed by atoms with Crippen molar-refractivity contribution in [1.82, 2.24) is 10.2 Å². The summed E-state index contributed by atoms with van der Waals surface area (Å²) in [5, 5.41) is 3.45. The Morgan fingerprint density at radius 2 is 1.74 bits per heavy atom. The predicted molar refractivity (Wildman–Crippen MR) is 76.6 cm³/mol. The van der Waals surface area contributed by atoms with Crippen LogP contribution in [0.5, 0.6) is 0 Å². The van der Waals surface area contributed by atoms with Gasteiger partial charge in [0.2, 0.25) is 0 Å². The molecule has 1 heterocycles. The topological polar surface area (TPSA) is 43.0 Å². The molecule has 1 rings (SSSR count). The van der Waals surface area contributed by atoms with Gasteiger partial charge in [0.1, 0.15) is 0 Å². The van der Waals surface area contributed by atoms with Crippen molar-refractivity contribution in [3.8, 4) is 0 Å². The zero-order valence-corrected chi connectivity index (χ0v) is 12.9. The van der Waals surface area contributed by atoms with Crippen LogP contribution in [0.2, 0.25) is 0 Å². The van der Waals surface area contributed by atoms with E-state index < -0.39 is 0 Å². The molecule has 1 fully saturated rings. The normalized spacial score (nSPS) is 24.5. The Labute approximate surface area is 117 Å². The molecular weight excluding hydrogens is 244 g/mol. The van der Waals surface area contributed by atoms with Gasteiger partial charge in [0.25, 0.3) is 0 Å². The average Bonchev–Trinajstić information content (AvgIpc) is 2.79. The summed E-state index contributed by atoms with van der Waals surface area (Å²) in [6.07, 6.45) is 1.83. The lowest BCUT2D eigenvalue weighted by molar-refractivity contribution is -0.00461. The van der Waals surface area contributed by atoms with Gasteiger partial charge in [-0.1, -0.05) is 0 Å². The molecule has 5 heteroatoms. The second-order valence-corrected chi connectivity index (χ2v) is 5.33. The van der Waals surface area contributed by atoms with Crippen molar-refractivity contribution < 1.29 is 14.2 Å². The molecule has 0 spiro atoms. The number of nitrogens with one attached hydrogen (secondary N) is 1. The molecule has 0 radical (unpaired) electrons. The van der Waals surface area contributed by atoms with Gasteiger partial charge in [-0.25, -0.2) is 0 Å². The fourth-order valence-corrected chi connectivity index (χ4v) is 2.33. The van der Waals surface area contributed by atoms with Gasteiger partial charge < -0.3 is 19.5 Å². The Hall–Kier alpha value is -0.200. The van der Waals surface area contributed by atoms with E-state index in [0.29, 0.717) is 6.10 Å². The summed E-state index contributed by atoms with van der Waals surface area (Å²) >= 11 is 0. The van der Waals surface area contributed by atoms with Crippen LogP contribution < -0.4 is 5.32 Å². The highest BCUT2D eigenvalue weighted by Gasteiger charge is 2.32. The number of hydrogen-bond donors (Lipinski definition) is 1. The zero-order valence-electron chi connectivity index (χ0n) is 12.9. The summed E-state index contributed by atoms with van der Waals surface area (Å²) in [7, 11) is 3.51. The quantitative estimate of drug-likeness (QED) is 0.595. The third-order valence-corrected chi connectivity index (χ3v) is 3.45. The van der Waals surface area contributed by atoms with E-state index in [-0.39, 0.29) is 12.2 Å². The van der Waals surface area contributed by atoms with E-state index in [1.165, 1.54) is 0 Å². The summed E-state index contributed by atoms with van der Waals surface area (Å²) in [6.45, 7) is 9.98. The summed E-state index contributed by atoms with van der Waals surface area (Å²) in [5.74, 6) is 0. The van der Waals surface area contributed by atoms with Crippen LogP contribution in [0.15, 0.2) is 0 Å². The van der Waals surface area contributed by atoms with Crippen molar-refractivity contribution >= 4 is 0 Å². The molecule has 1 aliphatic rings. The average molecular weight is 274 g/mol. The monoisotopic (exact) mass is 274 g/mol. The Bertz CT molecular complexity index is 215. The lowest BCUT2D eigenvalue weighted by Gasteiger charge is -2.15. The number of nitrogens with zero attached hydrogens (tertiary/aromatic N) is 1. The molecule has 0 aromatic heterocycles. The SMILES string of the molecule is COC1CN(CCNCCCOC(C)C)CC1OC. The molecule has 1 aliphatic heterocycles. The molecule has 0 aliphatic carbocycles. The van der Waals surface area contributed by atoms with Crippen molar-refractivity contribution in [3.63, 3.8) is 0 Å². The van der Waals surface area contributed by atoms with Gasteiger partial charge in [0.05, 0.1) is 18.3 Å². The van der Waals surface area contributed by atoms with Crippen LogP contribution in [0.1, 0.15) is 20.3 Å². The highest BCUT2D eigenvalue weighted by atomic mass is 16.5. The van der Waals surface area contributed by atoms with E-state index in [9.17, 15) is 0 Å².